The summed E-state index contributed by atoms with van der Waals surface area (Å²) in [5.74, 6) is 0. The van der Waals surface area contributed by atoms with Crippen LogP contribution < -0.4 is 11.5 Å². The maximum Gasteiger partial charge on any atom is -0.0195 e. The lowest BCUT2D eigenvalue weighted by Gasteiger charge is -1.19. The van der Waals surface area contributed by atoms with Crippen molar-refractivity contribution in [2.75, 3.05) is 14.1 Å². The second kappa shape index (κ2) is 626. The van der Waals surface area contributed by atoms with Crippen molar-refractivity contribution in [3.05, 3.63) is 0 Å². The molecule has 0 aliphatic rings. The maximum atomic E-state index is 4.50. The molecule has 2 nitrogen and oxygen atoms in total. The van der Waals surface area contributed by atoms with E-state index in [0.29, 0.717) is 0 Å². The Bertz CT molecular complexity index is 7.61. The Labute approximate surface area is 40.0 Å². The Morgan fingerprint density at radius 2 is 0.800 bits per heavy atom. The Hall–Kier alpha value is 0.270. The first-order valence-electron chi connectivity index (χ1n) is 1.15. The fraction of sp³-hybridized carbons (Fsp3) is 1.00. The zero-order valence-corrected chi connectivity index (χ0v) is 4.65. The molecule has 4 N–H and O–H groups in total. The molecular formula is C2H12N2S. The Balaban J connectivity index is -0.0000000133. The third-order valence-corrected chi connectivity index (χ3v) is 0. The summed E-state index contributed by atoms with van der Waals surface area (Å²) in [7, 11) is 3.00. The van der Waals surface area contributed by atoms with Gasteiger partial charge in [0.05, 0.1) is 0 Å². The molecule has 0 spiro atoms. The average Bonchev–Trinajstić information content (AvgIpc) is 1.50. The van der Waals surface area contributed by atoms with Crippen molar-refractivity contribution in [1.29, 1.82) is 0 Å². The zero-order chi connectivity index (χ0) is 4.00. The minimum absolute atomic E-state index is 0. The molecule has 0 aliphatic carbocycles. The molecule has 0 aromatic carbocycles. The van der Waals surface area contributed by atoms with Gasteiger partial charge >= 0.3 is 0 Å². The van der Waals surface area contributed by atoms with Crippen molar-refractivity contribution < 1.29 is 0 Å². The smallest absolute Gasteiger partial charge is 0.0195 e. The number of rotatable bonds is 0. The highest BCUT2D eigenvalue weighted by atomic mass is 32.1. The van der Waals surface area contributed by atoms with Gasteiger partial charge in [-0.05, 0) is 14.1 Å². The van der Waals surface area contributed by atoms with Crippen LogP contribution in [0.15, 0.2) is 0 Å². The molecule has 0 saturated carbocycles. The molecule has 0 atom stereocenters. The number of nitrogens with two attached hydrogens (primary N) is 2. The van der Waals surface area contributed by atoms with Gasteiger partial charge in [0, 0.05) is 0 Å². The molecule has 0 fully saturated rings. The molecule has 3 heteroatoms. The lowest BCUT2D eigenvalue weighted by atomic mass is 11.6. The molecule has 0 heterocycles. The van der Waals surface area contributed by atoms with E-state index in [1.807, 2.05) is 0 Å². The summed E-state index contributed by atoms with van der Waals surface area (Å²) in [5.41, 5.74) is 9.00. The molecule has 0 amide bonds. The minimum Gasteiger partial charge on any atom is -0.333 e. The van der Waals surface area contributed by atoms with E-state index in [2.05, 4.69) is 11.5 Å². The van der Waals surface area contributed by atoms with Gasteiger partial charge in [-0.2, -0.15) is 13.5 Å². The summed E-state index contributed by atoms with van der Waals surface area (Å²) in [5, 5.41) is 0. The van der Waals surface area contributed by atoms with Gasteiger partial charge in [-0.3, -0.25) is 0 Å². The predicted molar refractivity (Wildman–Crippen MR) is 30.6 cm³/mol. The van der Waals surface area contributed by atoms with Crippen molar-refractivity contribution in [3.8, 4) is 0 Å². The topological polar surface area (TPSA) is 52.0 Å². The number of hydrogen-bond donors (Lipinski definition) is 2. The molecule has 0 rings (SSSR count). The molecule has 0 aromatic heterocycles. The molecule has 0 bridgehead atoms. The third kappa shape index (κ3) is 302. The first-order valence-corrected chi connectivity index (χ1v) is 1.15. The summed E-state index contributed by atoms with van der Waals surface area (Å²) < 4.78 is 0. The van der Waals surface area contributed by atoms with Gasteiger partial charge in [0.2, 0.25) is 0 Å². The van der Waals surface area contributed by atoms with Gasteiger partial charge in [-0.15, -0.1) is 0 Å². The SMILES string of the molecule is CN.CN.S. The first-order chi connectivity index (χ1) is 2.00. The molecular weight excluding hydrogens is 84.1 g/mol. The van der Waals surface area contributed by atoms with Crippen molar-refractivity contribution >= 4 is 13.5 Å². The highest BCUT2D eigenvalue weighted by Crippen LogP contribution is 0.648. The summed E-state index contributed by atoms with van der Waals surface area (Å²) in [6, 6.07) is 0. The van der Waals surface area contributed by atoms with Crippen LogP contribution in [-0.4, -0.2) is 14.1 Å². The van der Waals surface area contributed by atoms with Crippen LogP contribution in [0.2, 0.25) is 0 Å². The van der Waals surface area contributed by atoms with Crippen molar-refractivity contribution in [3.63, 3.8) is 0 Å². The maximum absolute atomic E-state index is 4.50. The summed E-state index contributed by atoms with van der Waals surface area (Å²) in [6.07, 6.45) is 0. The van der Waals surface area contributed by atoms with Crippen LogP contribution in [-0.2, 0) is 0 Å². The van der Waals surface area contributed by atoms with Gasteiger partial charge < -0.3 is 11.5 Å². The summed E-state index contributed by atoms with van der Waals surface area (Å²) >= 11 is 0. The van der Waals surface area contributed by atoms with Crippen LogP contribution in [0.3, 0.4) is 0 Å². The lowest BCUT2D eigenvalue weighted by molar-refractivity contribution is 1.48. The van der Waals surface area contributed by atoms with Crippen LogP contribution in [0.1, 0.15) is 0 Å². The summed E-state index contributed by atoms with van der Waals surface area (Å²) in [4.78, 5) is 0. The van der Waals surface area contributed by atoms with Crippen LogP contribution >= 0.6 is 13.5 Å². The largest absolute Gasteiger partial charge is 0.333 e. The Kier molecular flexibility index (Phi) is 2340. The monoisotopic (exact) mass is 96.1 g/mol. The van der Waals surface area contributed by atoms with Gasteiger partial charge in [-0.1, -0.05) is 0 Å². The average molecular weight is 96.2 g/mol. The lowest BCUT2D eigenvalue weighted by Crippen LogP contribution is -1.69. The van der Waals surface area contributed by atoms with E-state index in [9.17, 15) is 0 Å². The van der Waals surface area contributed by atoms with Crippen molar-refractivity contribution in [1.82, 2.24) is 0 Å². The molecule has 0 aliphatic heterocycles. The standard InChI is InChI=1S/2CH5N.H2S/c2*1-2;/h2*2H2,1H3;1H2. The van der Waals surface area contributed by atoms with E-state index in [4.69, 9.17) is 0 Å². The second-order valence-electron chi connectivity index (χ2n) is 0. The molecule has 0 unspecified atom stereocenters. The van der Waals surface area contributed by atoms with Crippen molar-refractivity contribution in [2.24, 2.45) is 11.5 Å². The van der Waals surface area contributed by atoms with E-state index in [1.165, 1.54) is 14.1 Å². The molecule has 0 aromatic rings. The summed E-state index contributed by atoms with van der Waals surface area (Å²) in [6.45, 7) is 0. The Morgan fingerprint density at radius 1 is 0.800 bits per heavy atom. The predicted octanol–water partition coefficient (Wildman–Crippen LogP) is -0.737. The van der Waals surface area contributed by atoms with E-state index in [-0.39, 0.29) is 13.5 Å². The molecule has 5 heavy (non-hydrogen) atoms. The van der Waals surface area contributed by atoms with Crippen molar-refractivity contribution in [2.45, 2.75) is 0 Å². The van der Waals surface area contributed by atoms with E-state index < -0.39 is 0 Å². The van der Waals surface area contributed by atoms with Crippen LogP contribution in [0.5, 0.6) is 0 Å². The normalized spacial score (nSPS) is 2.40. The van der Waals surface area contributed by atoms with Gasteiger partial charge in [0.1, 0.15) is 0 Å². The first kappa shape index (κ1) is 18.6. The van der Waals surface area contributed by atoms with Gasteiger partial charge in [0.15, 0.2) is 0 Å². The Morgan fingerprint density at radius 3 is 0.800 bits per heavy atom. The zero-order valence-electron chi connectivity index (χ0n) is 3.65. The number of hydrogen-bond acceptors (Lipinski definition) is 2. The van der Waals surface area contributed by atoms with E-state index >= 15 is 0 Å². The van der Waals surface area contributed by atoms with E-state index in [1.54, 1.807) is 0 Å². The highest BCUT2D eigenvalue weighted by molar-refractivity contribution is 7.59. The van der Waals surface area contributed by atoms with Gasteiger partial charge in [0.25, 0.3) is 0 Å². The second-order valence-corrected chi connectivity index (χ2v) is 0. The highest BCUT2D eigenvalue weighted by Gasteiger charge is 0.838. The minimum atomic E-state index is 0. The molecule has 0 saturated heterocycles. The van der Waals surface area contributed by atoms with Gasteiger partial charge in [-0.25, -0.2) is 0 Å². The van der Waals surface area contributed by atoms with Crippen LogP contribution in [0.25, 0.3) is 0 Å². The third-order valence-electron chi connectivity index (χ3n) is 0. The van der Waals surface area contributed by atoms with E-state index in [0.717, 1.165) is 0 Å². The fourth-order valence-corrected chi connectivity index (χ4v) is 0. The molecule has 0 radical (unpaired) electrons. The molecule has 36 valence electrons. The quantitative estimate of drug-likeness (QED) is 0.417. The van der Waals surface area contributed by atoms with Crippen LogP contribution in [0, 0.1) is 0 Å². The van der Waals surface area contributed by atoms with Crippen LogP contribution in [0.4, 0.5) is 0 Å². The fourth-order valence-electron chi connectivity index (χ4n) is 0.